The number of nitrogens with one attached hydrogen (secondary N) is 2. The fraction of sp³-hybridized carbons (Fsp3) is 0.235. The molecular weight excluding hydrogens is 308 g/mol. The fourth-order valence-corrected chi connectivity index (χ4v) is 2.80. The Bertz CT molecular complexity index is 975. The number of allylic oxidation sites excluding steroid dienone is 1. The third kappa shape index (κ3) is 2.48. The lowest BCUT2D eigenvalue weighted by Gasteiger charge is -2.24. The molecule has 4 N–H and O–H groups in total. The van der Waals surface area contributed by atoms with Gasteiger partial charge in [0, 0.05) is 0 Å². The number of benzene rings is 1. The molecule has 0 bridgehead atoms. The first-order valence-corrected chi connectivity index (χ1v) is 7.46. The van der Waals surface area contributed by atoms with Crippen LogP contribution in [0.5, 0.6) is 5.88 Å². The largest absolute Gasteiger partial charge is 0.424 e. The molecule has 2 heterocycles. The molecule has 2 aromatic rings. The van der Waals surface area contributed by atoms with Crippen molar-refractivity contribution in [2.45, 2.75) is 25.7 Å². The van der Waals surface area contributed by atoms with Gasteiger partial charge in [-0.25, -0.2) is 4.79 Å². The zero-order valence-corrected chi connectivity index (χ0v) is 13.2. The van der Waals surface area contributed by atoms with E-state index in [1.807, 2.05) is 30.3 Å². The van der Waals surface area contributed by atoms with Gasteiger partial charge in [0.15, 0.2) is 0 Å². The second kappa shape index (κ2) is 5.74. The van der Waals surface area contributed by atoms with Gasteiger partial charge in [0.05, 0.1) is 11.5 Å². The van der Waals surface area contributed by atoms with Gasteiger partial charge < -0.3 is 10.5 Å². The summed E-state index contributed by atoms with van der Waals surface area (Å²) in [5, 5.41) is 9.46. The average molecular weight is 324 g/mol. The summed E-state index contributed by atoms with van der Waals surface area (Å²) < 4.78 is 5.27. The van der Waals surface area contributed by atoms with Crippen molar-refractivity contribution in [3.05, 3.63) is 73.3 Å². The number of nitriles is 1. The van der Waals surface area contributed by atoms with Crippen LogP contribution < -0.4 is 21.7 Å². The normalized spacial score (nSPS) is 16.5. The Morgan fingerprint density at radius 3 is 2.46 bits per heavy atom. The highest BCUT2D eigenvalue weighted by Crippen LogP contribution is 2.38. The molecule has 7 nitrogen and oxygen atoms in total. The van der Waals surface area contributed by atoms with Gasteiger partial charge in [0.25, 0.3) is 5.56 Å². The lowest BCUT2D eigenvalue weighted by molar-refractivity contribution is 0.373. The highest BCUT2D eigenvalue weighted by molar-refractivity contribution is 5.52. The third-order valence-electron chi connectivity index (χ3n) is 4.06. The summed E-state index contributed by atoms with van der Waals surface area (Å²) in [6, 6.07) is 9.60. The topological polar surface area (TPSA) is 125 Å². The minimum Gasteiger partial charge on any atom is -0.424 e. The number of rotatable bonds is 2. The van der Waals surface area contributed by atoms with Gasteiger partial charge in [0.1, 0.15) is 11.6 Å². The number of H-pyrrole nitrogens is 2. The molecule has 1 aromatic carbocycles. The van der Waals surface area contributed by atoms with E-state index < -0.39 is 17.2 Å². The van der Waals surface area contributed by atoms with Gasteiger partial charge in [-0.1, -0.05) is 38.1 Å². The minimum absolute atomic E-state index is 0.0295. The summed E-state index contributed by atoms with van der Waals surface area (Å²) in [6.07, 6.45) is 0. The maximum Gasteiger partial charge on any atom is 0.328 e. The molecule has 0 saturated carbocycles. The van der Waals surface area contributed by atoms with Crippen molar-refractivity contribution in [3.63, 3.8) is 0 Å². The van der Waals surface area contributed by atoms with Crippen LogP contribution >= 0.6 is 0 Å². The van der Waals surface area contributed by atoms with Crippen LogP contribution in [0.4, 0.5) is 0 Å². The number of nitrogens with two attached hydrogens (primary N) is 1. The summed E-state index contributed by atoms with van der Waals surface area (Å²) >= 11 is 0. The molecule has 7 heteroatoms. The summed E-state index contributed by atoms with van der Waals surface area (Å²) in [5.41, 5.74) is 6.67. The molecule has 0 saturated heterocycles. The van der Waals surface area contributed by atoms with Crippen LogP contribution in [0.15, 0.2) is 45.3 Å². The standard InChI is InChI=1S/C17H16N4O3/c1-8(2)9-3-5-10(6-4-9)12-11(7-18)14(19)24-16-13(12)15(22)20-17(23)21-16/h3-6,8,12H,19H2,1-2H3,(H2,20,21,22,23)/t12-/m1/s1. The number of aromatic nitrogens is 2. The molecule has 0 amide bonds. The van der Waals surface area contributed by atoms with Crippen LogP contribution in [0.3, 0.4) is 0 Å². The Morgan fingerprint density at radius 1 is 1.21 bits per heavy atom. The molecule has 1 aliphatic rings. The average Bonchev–Trinajstić information content (AvgIpc) is 2.53. The first-order chi connectivity index (χ1) is 11.4. The van der Waals surface area contributed by atoms with E-state index in [4.69, 9.17) is 10.5 Å². The van der Waals surface area contributed by atoms with Crippen molar-refractivity contribution in [1.82, 2.24) is 9.97 Å². The molecule has 0 spiro atoms. The minimum atomic E-state index is -0.694. The van der Waals surface area contributed by atoms with Gasteiger partial charge in [-0.2, -0.15) is 5.26 Å². The maximum atomic E-state index is 12.3. The van der Waals surface area contributed by atoms with Crippen molar-refractivity contribution in [2.75, 3.05) is 0 Å². The number of aromatic amines is 2. The van der Waals surface area contributed by atoms with E-state index in [0.717, 1.165) is 11.1 Å². The quantitative estimate of drug-likeness (QED) is 0.770. The zero-order chi connectivity index (χ0) is 17.4. The number of ether oxygens (including phenoxy) is 1. The van der Waals surface area contributed by atoms with Crippen LogP contribution in [0.1, 0.15) is 42.4 Å². The Morgan fingerprint density at radius 2 is 1.88 bits per heavy atom. The van der Waals surface area contributed by atoms with E-state index in [9.17, 15) is 14.9 Å². The van der Waals surface area contributed by atoms with Crippen molar-refractivity contribution in [2.24, 2.45) is 5.73 Å². The van der Waals surface area contributed by atoms with E-state index in [1.165, 1.54) is 0 Å². The third-order valence-corrected chi connectivity index (χ3v) is 4.06. The molecule has 1 atom stereocenters. The molecule has 3 rings (SSSR count). The van der Waals surface area contributed by atoms with Crippen LogP contribution in [0.25, 0.3) is 0 Å². The molecule has 0 unspecified atom stereocenters. The monoisotopic (exact) mass is 324 g/mol. The summed E-state index contributed by atoms with van der Waals surface area (Å²) in [5.74, 6) is -0.486. The van der Waals surface area contributed by atoms with Crippen molar-refractivity contribution >= 4 is 0 Å². The lowest BCUT2D eigenvalue weighted by Crippen LogP contribution is -2.33. The highest BCUT2D eigenvalue weighted by Gasteiger charge is 2.34. The first-order valence-electron chi connectivity index (χ1n) is 7.46. The predicted molar refractivity (Wildman–Crippen MR) is 87.5 cm³/mol. The van der Waals surface area contributed by atoms with E-state index in [2.05, 4.69) is 23.8 Å². The van der Waals surface area contributed by atoms with E-state index in [1.54, 1.807) is 0 Å². The SMILES string of the molecule is CC(C)c1ccc([C@@H]2C(C#N)=C(N)Oc3[nH]c(=O)[nH]c(=O)c32)cc1. The smallest absolute Gasteiger partial charge is 0.328 e. The Balaban J connectivity index is 2.24. The van der Waals surface area contributed by atoms with Crippen molar-refractivity contribution in [3.8, 4) is 11.9 Å². The number of fused-ring (bicyclic) bond motifs is 1. The van der Waals surface area contributed by atoms with Gasteiger partial charge in [-0.3, -0.25) is 14.8 Å². The van der Waals surface area contributed by atoms with Gasteiger partial charge >= 0.3 is 5.69 Å². The number of hydrogen-bond acceptors (Lipinski definition) is 5. The van der Waals surface area contributed by atoms with Gasteiger partial charge in [0.2, 0.25) is 11.8 Å². The highest BCUT2D eigenvalue weighted by atomic mass is 16.5. The lowest BCUT2D eigenvalue weighted by atomic mass is 9.84. The Hall–Kier alpha value is -3.27. The van der Waals surface area contributed by atoms with E-state index in [0.29, 0.717) is 5.92 Å². The van der Waals surface area contributed by atoms with Crippen LogP contribution in [-0.4, -0.2) is 9.97 Å². The zero-order valence-electron chi connectivity index (χ0n) is 13.2. The molecule has 1 aliphatic heterocycles. The second-order valence-electron chi connectivity index (χ2n) is 5.90. The maximum absolute atomic E-state index is 12.3. The van der Waals surface area contributed by atoms with Crippen molar-refractivity contribution in [1.29, 1.82) is 5.26 Å². The first kappa shape index (κ1) is 15.6. The van der Waals surface area contributed by atoms with Gasteiger partial charge in [-0.05, 0) is 17.0 Å². The molecule has 24 heavy (non-hydrogen) atoms. The molecular formula is C17H16N4O3. The molecule has 122 valence electrons. The molecule has 0 aliphatic carbocycles. The van der Waals surface area contributed by atoms with Gasteiger partial charge in [-0.15, -0.1) is 0 Å². The molecule has 1 aromatic heterocycles. The second-order valence-corrected chi connectivity index (χ2v) is 5.90. The fourth-order valence-electron chi connectivity index (χ4n) is 2.80. The Kier molecular flexibility index (Phi) is 3.73. The summed E-state index contributed by atoms with van der Waals surface area (Å²) in [4.78, 5) is 28.3. The predicted octanol–water partition coefficient (Wildman–Crippen LogP) is 1.40. The molecule has 0 radical (unpaired) electrons. The number of nitrogens with zero attached hydrogens (tertiary/aromatic N) is 1. The number of hydrogen-bond donors (Lipinski definition) is 3. The van der Waals surface area contributed by atoms with E-state index in [-0.39, 0.29) is 22.9 Å². The van der Waals surface area contributed by atoms with Crippen LogP contribution in [-0.2, 0) is 0 Å². The summed E-state index contributed by atoms with van der Waals surface area (Å²) in [6.45, 7) is 4.15. The van der Waals surface area contributed by atoms with Crippen LogP contribution in [0, 0.1) is 11.3 Å². The van der Waals surface area contributed by atoms with Crippen LogP contribution in [0.2, 0.25) is 0 Å². The molecule has 0 fully saturated rings. The van der Waals surface area contributed by atoms with Crippen molar-refractivity contribution < 1.29 is 4.74 Å². The summed E-state index contributed by atoms with van der Waals surface area (Å²) in [7, 11) is 0. The Labute approximate surface area is 137 Å². The van der Waals surface area contributed by atoms with E-state index >= 15 is 0 Å².